The van der Waals surface area contributed by atoms with Crippen molar-refractivity contribution in [3.63, 3.8) is 0 Å². The third kappa shape index (κ3) is 55.0. The van der Waals surface area contributed by atoms with Crippen LogP contribution in [0.15, 0.2) is 12.2 Å². The van der Waals surface area contributed by atoms with E-state index < -0.39 is 6.10 Å². The van der Waals surface area contributed by atoms with Crippen LogP contribution in [-0.4, -0.2) is 37.2 Å². The smallest absolute Gasteiger partial charge is 0.306 e. The second kappa shape index (κ2) is 56.7. The van der Waals surface area contributed by atoms with Crippen molar-refractivity contribution in [3.05, 3.63) is 12.2 Å². The lowest BCUT2D eigenvalue weighted by atomic mass is 10.0. The zero-order valence-electron chi connectivity index (χ0n) is 45.5. The number of carbonyl (C=O) groups is 3. The van der Waals surface area contributed by atoms with Crippen LogP contribution in [0.2, 0.25) is 0 Å². The van der Waals surface area contributed by atoms with Crippen LogP contribution in [0.5, 0.6) is 0 Å². The normalized spacial score (nSPS) is 12.0. The van der Waals surface area contributed by atoms with Gasteiger partial charge in [0.1, 0.15) is 13.2 Å². The Hall–Kier alpha value is -1.85. The van der Waals surface area contributed by atoms with Crippen LogP contribution in [-0.2, 0) is 28.6 Å². The molecular formula is C61H116O6. The van der Waals surface area contributed by atoms with E-state index in [4.69, 9.17) is 14.2 Å². The minimum atomic E-state index is -0.765. The van der Waals surface area contributed by atoms with Crippen LogP contribution in [0.4, 0.5) is 0 Å². The molecule has 0 unspecified atom stereocenters. The van der Waals surface area contributed by atoms with Gasteiger partial charge in [-0.2, -0.15) is 0 Å². The SMILES string of the molecule is CCCCCCCC/C=C\CCCCCCCCCCCC(=O)O[C@@H](COC(=O)CCCCCCCCCCCCCCC)COC(=O)CCCCCCCCCCCCCCCCCCC. The van der Waals surface area contributed by atoms with Crippen LogP contribution < -0.4 is 0 Å². The molecule has 0 bridgehead atoms. The summed E-state index contributed by atoms with van der Waals surface area (Å²) in [5.74, 6) is -0.840. The first-order valence-electron chi connectivity index (χ1n) is 30.2. The van der Waals surface area contributed by atoms with E-state index in [1.54, 1.807) is 0 Å². The van der Waals surface area contributed by atoms with Gasteiger partial charge in [-0.15, -0.1) is 0 Å². The summed E-state index contributed by atoms with van der Waals surface area (Å²) in [6, 6.07) is 0. The van der Waals surface area contributed by atoms with Crippen molar-refractivity contribution in [2.45, 2.75) is 348 Å². The van der Waals surface area contributed by atoms with Gasteiger partial charge < -0.3 is 14.2 Å². The fraction of sp³-hybridized carbons (Fsp3) is 0.918. The van der Waals surface area contributed by atoms with Gasteiger partial charge in [-0.05, 0) is 44.9 Å². The summed E-state index contributed by atoms with van der Waals surface area (Å²) in [5, 5.41) is 0. The van der Waals surface area contributed by atoms with Gasteiger partial charge >= 0.3 is 17.9 Å². The van der Waals surface area contributed by atoms with Gasteiger partial charge in [0.25, 0.3) is 0 Å². The Balaban J connectivity index is 4.29. The first-order valence-corrected chi connectivity index (χ1v) is 30.2. The molecule has 0 spiro atoms. The topological polar surface area (TPSA) is 78.9 Å². The molecule has 1 atom stereocenters. The summed E-state index contributed by atoms with van der Waals surface area (Å²) in [6.07, 6.45) is 64.9. The van der Waals surface area contributed by atoms with Crippen molar-refractivity contribution < 1.29 is 28.6 Å². The molecule has 0 aliphatic heterocycles. The molecule has 0 saturated carbocycles. The zero-order valence-corrected chi connectivity index (χ0v) is 45.5. The highest BCUT2D eigenvalue weighted by Gasteiger charge is 2.19. The number of esters is 3. The monoisotopic (exact) mass is 945 g/mol. The Labute approximate surface area is 418 Å². The molecule has 0 radical (unpaired) electrons. The van der Waals surface area contributed by atoms with Crippen LogP contribution in [0.25, 0.3) is 0 Å². The van der Waals surface area contributed by atoms with E-state index in [0.717, 1.165) is 57.8 Å². The molecule has 0 aromatic carbocycles. The van der Waals surface area contributed by atoms with E-state index in [9.17, 15) is 14.4 Å². The predicted molar refractivity (Wildman–Crippen MR) is 289 cm³/mol. The molecule has 0 saturated heterocycles. The van der Waals surface area contributed by atoms with Gasteiger partial charge in [0.15, 0.2) is 6.10 Å². The second-order valence-electron chi connectivity index (χ2n) is 20.6. The highest BCUT2D eigenvalue weighted by Crippen LogP contribution is 2.17. The highest BCUT2D eigenvalue weighted by atomic mass is 16.6. The first-order chi connectivity index (χ1) is 33.0. The molecule has 6 nitrogen and oxygen atoms in total. The number of hydrogen-bond acceptors (Lipinski definition) is 6. The number of ether oxygens (including phenoxy) is 3. The third-order valence-corrected chi connectivity index (χ3v) is 13.8. The van der Waals surface area contributed by atoms with E-state index >= 15 is 0 Å². The number of carbonyl (C=O) groups excluding carboxylic acids is 3. The lowest BCUT2D eigenvalue weighted by molar-refractivity contribution is -0.167. The van der Waals surface area contributed by atoms with Crippen molar-refractivity contribution in [2.75, 3.05) is 13.2 Å². The average molecular weight is 946 g/mol. The van der Waals surface area contributed by atoms with Crippen molar-refractivity contribution in [1.29, 1.82) is 0 Å². The molecule has 0 aliphatic carbocycles. The Morgan fingerprint density at radius 3 is 0.746 bits per heavy atom. The molecule has 0 aromatic rings. The number of allylic oxidation sites excluding steroid dienone is 2. The maximum absolute atomic E-state index is 12.9. The summed E-state index contributed by atoms with van der Waals surface area (Å²) < 4.78 is 16.9. The fourth-order valence-electron chi connectivity index (χ4n) is 9.21. The largest absolute Gasteiger partial charge is 0.462 e. The van der Waals surface area contributed by atoms with Gasteiger partial charge in [0.2, 0.25) is 0 Å². The fourth-order valence-corrected chi connectivity index (χ4v) is 9.21. The maximum Gasteiger partial charge on any atom is 0.306 e. The van der Waals surface area contributed by atoms with Crippen LogP contribution in [0, 0.1) is 0 Å². The van der Waals surface area contributed by atoms with Crippen molar-refractivity contribution >= 4 is 17.9 Å². The summed E-state index contributed by atoms with van der Waals surface area (Å²) in [4.78, 5) is 38.2. The van der Waals surface area contributed by atoms with E-state index in [1.807, 2.05) is 0 Å². The van der Waals surface area contributed by atoms with E-state index in [-0.39, 0.29) is 31.1 Å². The summed E-state index contributed by atoms with van der Waals surface area (Å²) in [5.41, 5.74) is 0. The summed E-state index contributed by atoms with van der Waals surface area (Å²) >= 11 is 0. The number of unbranched alkanes of at least 4 members (excludes halogenated alkanes) is 43. The van der Waals surface area contributed by atoms with Crippen LogP contribution in [0.1, 0.15) is 342 Å². The lowest BCUT2D eigenvalue weighted by Gasteiger charge is -2.18. The number of hydrogen-bond donors (Lipinski definition) is 0. The molecular weight excluding hydrogens is 829 g/mol. The van der Waals surface area contributed by atoms with Gasteiger partial charge in [0, 0.05) is 19.3 Å². The van der Waals surface area contributed by atoms with Gasteiger partial charge in [-0.3, -0.25) is 14.4 Å². The van der Waals surface area contributed by atoms with E-state index in [2.05, 4.69) is 32.9 Å². The molecule has 6 heteroatoms. The molecule has 0 rings (SSSR count). The van der Waals surface area contributed by atoms with Crippen molar-refractivity contribution in [2.24, 2.45) is 0 Å². The minimum absolute atomic E-state index is 0.0645. The molecule has 67 heavy (non-hydrogen) atoms. The Bertz CT molecular complexity index is 1040. The molecule has 0 aromatic heterocycles. The maximum atomic E-state index is 12.9. The third-order valence-electron chi connectivity index (χ3n) is 13.8. The number of rotatable bonds is 56. The highest BCUT2D eigenvalue weighted by molar-refractivity contribution is 5.71. The lowest BCUT2D eigenvalue weighted by Crippen LogP contribution is -2.30. The predicted octanol–water partition coefficient (Wildman–Crippen LogP) is 20.1. The first kappa shape index (κ1) is 65.1. The minimum Gasteiger partial charge on any atom is -0.462 e. The van der Waals surface area contributed by atoms with Crippen molar-refractivity contribution in [1.82, 2.24) is 0 Å². The van der Waals surface area contributed by atoms with Gasteiger partial charge in [0.05, 0.1) is 0 Å². The molecule has 0 N–H and O–H groups in total. The van der Waals surface area contributed by atoms with Crippen LogP contribution >= 0.6 is 0 Å². The Kier molecular flexibility index (Phi) is 55.2. The standard InChI is InChI=1S/C61H116O6/c1-4-7-10-13-16-19-22-25-27-29-30-32-34-37-40-43-46-49-52-55-61(64)67-58(56-65-59(62)53-50-47-44-41-38-35-24-21-18-15-12-9-6-3)57-66-60(63)54-51-48-45-42-39-36-33-31-28-26-23-20-17-14-11-8-5-2/h25,27,58H,4-24,26,28-57H2,1-3H3/b27-25-/t58-/m0/s1. The van der Waals surface area contributed by atoms with Crippen molar-refractivity contribution in [3.8, 4) is 0 Å². The van der Waals surface area contributed by atoms with Gasteiger partial charge in [-0.25, -0.2) is 0 Å². The molecule has 0 aliphatic rings. The molecule has 396 valence electrons. The van der Waals surface area contributed by atoms with E-state index in [1.165, 1.54) is 244 Å². The molecule has 0 fully saturated rings. The molecule has 0 heterocycles. The zero-order chi connectivity index (χ0) is 48.6. The second-order valence-corrected chi connectivity index (χ2v) is 20.6. The van der Waals surface area contributed by atoms with Crippen LogP contribution in [0.3, 0.4) is 0 Å². The summed E-state index contributed by atoms with van der Waals surface area (Å²) in [6.45, 7) is 6.70. The molecule has 0 amide bonds. The summed E-state index contributed by atoms with van der Waals surface area (Å²) in [7, 11) is 0. The Morgan fingerprint density at radius 1 is 0.284 bits per heavy atom. The van der Waals surface area contributed by atoms with Gasteiger partial charge in [-0.1, -0.05) is 290 Å². The van der Waals surface area contributed by atoms with E-state index in [0.29, 0.717) is 19.3 Å². The average Bonchev–Trinajstić information content (AvgIpc) is 3.33. The quantitative estimate of drug-likeness (QED) is 0.0262. The Morgan fingerprint density at radius 2 is 0.493 bits per heavy atom.